The molecule has 13 nitrogen and oxygen atoms in total. The van der Waals surface area contributed by atoms with E-state index in [9.17, 15) is 14.4 Å². The van der Waals surface area contributed by atoms with Crippen LogP contribution in [0.15, 0.2) is 90.9 Å². The quantitative estimate of drug-likeness (QED) is 0.0939. The topological polar surface area (TPSA) is 161 Å². The summed E-state index contributed by atoms with van der Waals surface area (Å²) in [7, 11) is 0. The number of nitrogens with two attached hydrogens (primary N) is 1. The second-order valence-electron chi connectivity index (χ2n) is 17.5. The molecule has 13 heteroatoms. The Morgan fingerprint density at radius 3 is 2.38 bits per heavy atom. The number of carbonyl (C=O) groups excluding carboxylic acids is 3. The Labute approximate surface area is 354 Å². The number of amides is 4. The van der Waals surface area contributed by atoms with Gasteiger partial charge in [-0.15, -0.1) is 0 Å². The minimum absolute atomic E-state index is 0.139. The van der Waals surface area contributed by atoms with Crippen LogP contribution in [-0.4, -0.2) is 82.4 Å². The van der Waals surface area contributed by atoms with Gasteiger partial charge in [0, 0.05) is 67.5 Å². The number of piperidine rings is 2. The van der Waals surface area contributed by atoms with Crippen molar-refractivity contribution < 1.29 is 14.4 Å². The fourth-order valence-corrected chi connectivity index (χ4v) is 8.25. The third-order valence-corrected chi connectivity index (χ3v) is 11.8. The summed E-state index contributed by atoms with van der Waals surface area (Å²) in [5.74, 6) is 1.22. The number of carbonyl (C=O) groups is 3. The molecule has 3 aliphatic heterocycles. The standard InChI is InChI=1S/C47H60N10O3/c1-32-26-37(10-11-38(32)28-50-44(59)41(48)29-51-47(2,3)4)42-14-20-49-45(53-42)52-39-12-8-33(9-13-39)30-55-21-15-34(16-22-55)31-56-23-17-35(18-24-56)36-6-5-7-40(27-36)57-25-19-43(58)54-46(57)60/h5-14,20,26-27,29,34-35,51H,15-19,21-25,28,30-31,48H2,1-4H3,(H,50,59)(H,49,52,53)(H,54,58,60)/b41-29-. The van der Waals surface area contributed by atoms with Crippen LogP contribution in [0.2, 0.25) is 0 Å². The maximum Gasteiger partial charge on any atom is 0.328 e. The lowest BCUT2D eigenvalue weighted by Crippen LogP contribution is -2.49. The van der Waals surface area contributed by atoms with Crippen molar-refractivity contribution in [2.45, 2.75) is 84.3 Å². The highest BCUT2D eigenvalue weighted by molar-refractivity contribution is 6.05. The van der Waals surface area contributed by atoms with Gasteiger partial charge in [-0.1, -0.05) is 36.4 Å². The number of nitrogens with one attached hydrogen (secondary N) is 4. The zero-order valence-corrected chi connectivity index (χ0v) is 35.5. The van der Waals surface area contributed by atoms with Crippen LogP contribution in [0, 0.1) is 12.8 Å². The summed E-state index contributed by atoms with van der Waals surface area (Å²) >= 11 is 0. The van der Waals surface area contributed by atoms with E-state index < -0.39 is 0 Å². The first-order valence-corrected chi connectivity index (χ1v) is 21.3. The molecule has 0 aliphatic carbocycles. The van der Waals surface area contributed by atoms with Crippen molar-refractivity contribution in [3.05, 3.63) is 113 Å². The summed E-state index contributed by atoms with van der Waals surface area (Å²) in [6.45, 7) is 15.4. The van der Waals surface area contributed by atoms with Gasteiger partial charge in [0.15, 0.2) is 0 Å². The molecular formula is C47H60N10O3. The van der Waals surface area contributed by atoms with Crippen LogP contribution in [0.25, 0.3) is 11.3 Å². The number of anilines is 3. The first-order chi connectivity index (χ1) is 28.8. The van der Waals surface area contributed by atoms with E-state index in [0.717, 1.165) is 85.2 Å². The number of benzene rings is 3. The van der Waals surface area contributed by atoms with Gasteiger partial charge >= 0.3 is 6.03 Å². The number of nitrogens with zero attached hydrogens (tertiary/aromatic N) is 5. The molecule has 6 N–H and O–H groups in total. The number of urea groups is 1. The fourth-order valence-electron chi connectivity index (χ4n) is 8.25. The van der Waals surface area contributed by atoms with Gasteiger partial charge in [-0.2, -0.15) is 0 Å². The summed E-state index contributed by atoms with van der Waals surface area (Å²) < 4.78 is 0. The number of rotatable bonds is 13. The van der Waals surface area contributed by atoms with E-state index in [-0.39, 0.29) is 29.1 Å². The highest BCUT2D eigenvalue weighted by atomic mass is 16.2. The molecule has 0 atom stereocenters. The maximum absolute atomic E-state index is 12.5. The van der Waals surface area contributed by atoms with Gasteiger partial charge in [0.1, 0.15) is 5.70 Å². The molecule has 4 aromatic rings. The molecule has 0 radical (unpaired) electrons. The fraction of sp³-hybridized carbons (Fsp3) is 0.426. The molecule has 4 amide bonds. The van der Waals surface area contributed by atoms with Crippen LogP contribution < -0.4 is 31.9 Å². The predicted octanol–water partition coefficient (Wildman–Crippen LogP) is 6.54. The first-order valence-electron chi connectivity index (χ1n) is 21.3. The third kappa shape index (κ3) is 11.5. The predicted molar refractivity (Wildman–Crippen MR) is 237 cm³/mol. The number of likely N-dealkylation sites (tertiary alicyclic amines) is 2. The summed E-state index contributed by atoms with van der Waals surface area (Å²) in [5.41, 5.74) is 14.1. The van der Waals surface area contributed by atoms with E-state index in [1.165, 1.54) is 30.5 Å². The minimum atomic E-state index is -0.327. The molecule has 3 fully saturated rings. The SMILES string of the molecule is Cc1cc(-c2ccnc(Nc3ccc(CN4CCC(CN5CCC(c6cccc(N7CCC(=O)NC7=O)c6)CC5)CC4)cc3)n2)ccc1CNC(=O)/C(N)=C/NC(C)(C)C. The minimum Gasteiger partial charge on any atom is -0.393 e. The maximum atomic E-state index is 12.5. The molecule has 0 unspecified atom stereocenters. The second-order valence-corrected chi connectivity index (χ2v) is 17.5. The Hall–Kier alpha value is -5.79. The molecule has 4 heterocycles. The van der Waals surface area contributed by atoms with Crippen LogP contribution in [0.4, 0.5) is 22.1 Å². The third-order valence-electron chi connectivity index (χ3n) is 11.8. The molecule has 3 aromatic carbocycles. The molecule has 316 valence electrons. The smallest absolute Gasteiger partial charge is 0.328 e. The summed E-state index contributed by atoms with van der Waals surface area (Å²) in [6, 6.07) is 24.6. The van der Waals surface area contributed by atoms with E-state index in [2.05, 4.69) is 78.5 Å². The van der Waals surface area contributed by atoms with Gasteiger partial charge in [0.05, 0.1) is 5.69 Å². The van der Waals surface area contributed by atoms with Gasteiger partial charge in [-0.05, 0) is 150 Å². The van der Waals surface area contributed by atoms with E-state index in [1.54, 1.807) is 17.3 Å². The van der Waals surface area contributed by atoms with Crippen molar-refractivity contribution in [1.29, 1.82) is 0 Å². The number of aromatic nitrogens is 2. The van der Waals surface area contributed by atoms with Crippen molar-refractivity contribution in [3.8, 4) is 11.3 Å². The molecule has 60 heavy (non-hydrogen) atoms. The van der Waals surface area contributed by atoms with Crippen LogP contribution >= 0.6 is 0 Å². The van der Waals surface area contributed by atoms with Gasteiger partial charge < -0.3 is 26.6 Å². The zero-order chi connectivity index (χ0) is 42.2. The lowest BCUT2D eigenvalue weighted by Gasteiger charge is -2.38. The van der Waals surface area contributed by atoms with Crippen LogP contribution in [0.5, 0.6) is 0 Å². The summed E-state index contributed by atoms with van der Waals surface area (Å²) in [5, 5.41) is 11.8. The van der Waals surface area contributed by atoms with E-state index in [4.69, 9.17) is 10.7 Å². The van der Waals surface area contributed by atoms with Crippen molar-refractivity contribution in [2.24, 2.45) is 11.7 Å². The number of imide groups is 1. The van der Waals surface area contributed by atoms with Crippen LogP contribution in [0.3, 0.4) is 0 Å². The van der Waals surface area contributed by atoms with Gasteiger partial charge in [-0.25, -0.2) is 14.8 Å². The first kappa shape index (κ1) is 42.3. The van der Waals surface area contributed by atoms with Crippen LogP contribution in [-0.2, 0) is 22.7 Å². The lowest BCUT2D eigenvalue weighted by atomic mass is 9.88. The summed E-state index contributed by atoms with van der Waals surface area (Å²) in [6.07, 6.45) is 8.34. The average Bonchev–Trinajstić information content (AvgIpc) is 3.24. The monoisotopic (exact) mass is 812 g/mol. The molecule has 7 rings (SSSR count). The number of hydrogen-bond donors (Lipinski definition) is 5. The molecule has 0 spiro atoms. The average molecular weight is 813 g/mol. The van der Waals surface area contributed by atoms with Crippen molar-refractivity contribution in [2.75, 3.05) is 49.5 Å². The Bertz CT molecular complexity index is 2170. The van der Waals surface area contributed by atoms with E-state index in [0.29, 0.717) is 31.4 Å². The normalized spacial score (nSPS) is 17.7. The van der Waals surface area contributed by atoms with Gasteiger partial charge in [0.2, 0.25) is 11.9 Å². The Morgan fingerprint density at radius 1 is 0.917 bits per heavy atom. The Balaban J connectivity index is 0.830. The summed E-state index contributed by atoms with van der Waals surface area (Å²) in [4.78, 5) is 52.7. The van der Waals surface area contributed by atoms with E-state index in [1.807, 2.05) is 58.0 Å². The van der Waals surface area contributed by atoms with Gasteiger partial charge in [-0.3, -0.25) is 24.7 Å². The van der Waals surface area contributed by atoms with Crippen molar-refractivity contribution in [1.82, 2.24) is 35.7 Å². The molecule has 3 saturated heterocycles. The molecule has 0 saturated carbocycles. The number of aryl methyl sites for hydroxylation is 1. The van der Waals surface area contributed by atoms with Crippen molar-refractivity contribution >= 4 is 35.2 Å². The molecule has 0 bridgehead atoms. The zero-order valence-electron chi connectivity index (χ0n) is 35.5. The largest absolute Gasteiger partial charge is 0.393 e. The number of hydrogen-bond acceptors (Lipinski definition) is 10. The van der Waals surface area contributed by atoms with E-state index >= 15 is 0 Å². The van der Waals surface area contributed by atoms with Crippen LogP contribution in [0.1, 0.15) is 81.0 Å². The molecular weight excluding hydrogens is 753 g/mol. The highest BCUT2D eigenvalue weighted by Gasteiger charge is 2.28. The highest BCUT2D eigenvalue weighted by Crippen LogP contribution is 2.32. The Morgan fingerprint density at radius 2 is 1.67 bits per heavy atom. The lowest BCUT2D eigenvalue weighted by molar-refractivity contribution is -0.120. The molecule has 3 aliphatic rings. The van der Waals surface area contributed by atoms with Crippen molar-refractivity contribution in [3.63, 3.8) is 0 Å². The molecule has 1 aromatic heterocycles. The van der Waals surface area contributed by atoms with Gasteiger partial charge in [0.25, 0.3) is 5.91 Å². The Kier molecular flexibility index (Phi) is 13.5. The second kappa shape index (κ2) is 19.1.